The summed E-state index contributed by atoms with van der Waals surface area (Å²) in [6.45, 7) is -3.34. The Balaban J connectivity index is 1.30. The zero-order chi connectivity index (χ0) is 16.0. The van der Waals surface area contributed by atoms with E-state index in [1.54, 1.807) is 19.2 Å². The molecule has 5 heteroatoms. The van der Waals surface area contributed by atoms with E-state index in [1.165, 1.54) is 39.8 Å². The minimum absolute atomic E-state index is 0.0280. The van der Waals surface area contributed by atoms with Crippen molar-refractivity contribution >= 4 is 11.0 Å². The Morgan fingerprint density at radius 1 is 1.04 bits per heavy atom. The fourth-order valence-electron chi connectivity index (χ4n) is 18.4. The Morgan fingerprint density at radius 3 is 2.16 bits per heavy atom. The predicted octanol–water partition coefficient (Wildman–Crippen LogP) is 4.30. The number of ether oxygens (including phenoxy) is 1. The monoisotopic (exact) mass is 376 g/mol. The number of hydrogen-bond acceptors (Lipinski definition) is 4. The minimum atomic E-state index is -3.34. The molecule has 1 aromatic heterocycles. The van der Waals surface area contributed by atoms with Crippen LogP contribution < -0.4 is 10.2 Å². The molecular weight excluding hydrogens is 360 g/mol. The summed E-state index contributed by atoms with van der Waals surface area (Å²) >= 11 is 0. The summed E-state index contributed by atoms with van der Waals surface area (Å²) < 4.78 is 12.2. The van der Waals surface area contributed by atoms with Crippen molar-refractivity contribution in [3.05, 3.63) is 34.2 Å². The van der Waals surface area contributed by atoms with Crippen LogP contribution in [0.3, 0.4) is 0 Å². The molecule has 10 saturated heterocycles. The van der Waals surface area contributed by atoms with Gasteiger partial charge in [-0.05, 0) is 0 Å². The average molecular weight is 376 g/mol. The molecule has 128 valence electrons. The van der Waals surface area contributed by atoms with Gasteiger partial charge in [0.1, 0.15) is 0 Å². The van der Waals surface area contributed by atoms with E-state index in [9.17, 15) is 9.90 Å². The van der Waals surface area contributed by atoms with Crippen LogP contribution in [0.15, 0.2) is 27.4 Å². The second-order valence-electron chi connectivity index (χ2n) is 12.7. The van der Waals surface area contributed by atoms with Crippen molar-refractivity contribution in [2.24, 2.45) is 0 Å². The summed E-state index contributed by atoms with van der Waals surface area (Å²) in [5, 5.41) is 10.6. The zero-order valence-corrected chi connectivity index (χ0v) is 14.6. The van der Waals surface area contributed by atoms with Crippen molar-refractivity contribution in [1.82, 2.24) is 0 Å². The van der Waals surface area contributed by atoms with Gasteiger partial charge in [0.15, 0.2) is 0 Å². The first kappa shape index (κ1) is 10.0. The summed E-state index contributed by atoms with van der Waals surface area (Å²) in [6.07, 6.45) is 0. The molecule has 0 amide bonds. The van der Waals surface area contributed by atoms with E-state index in [4.69, 9.17) is 9.15 Å². The number of fused-ring (bicyclic) bond motifs is 11. The Kier molecular flexibility index (Phi) is 0.424. The van der Waals surface area contributed by atoms with Crippen LogP contribution in [-0.4, -0.2) is 12.2 Å². The third-order valence-corrected chi connectivity index (χ3v) is 59.4. The van der Waals surface area contributed by atoms with Gasteiger partial charge >= 0.3 is 132 Å². The van der Waals surface area contributed by atoms with Crippen molar-refractivity contribution in [2.75, 3.05) is 7.11 Å². The zero-order valence-electron chi connectivity index (χ0n) is 13.5. The maximum absolute atomic E-state index is 12.9. The molecule has 0 saturated carbocycles. The van der Waals surface area contributed by atoms with Crippen LogP contribution in [0.1, 0.15) is 5.76 Å². The van der Waals surface area contributed by atoms with Crippen LogP contribution in [0.2, 0.25) is 43.3 Å². The maximum atomic E-state index is 12.9. The summed E-state index contributed by atoms with van der Waals surface area (Å²) in [7, 11) is 1.58. The first-order valence-corrected chi connectivity index (χ1v) is 15.7. The molecule has 25 heavy (non-hydrogen) atoms. The average Bonchev–Trinajstić information content (AvgIpc) is 3.53. The second kappa shape index (κ2) is 1.06. The van der Waals surface area contributed by atoms with Crippen molar-refractivity contribution < 1.29 is 20.8 Å². The van der Waals surface area contributed by atoms with Gasteiger partial charge in [-0.2, -0.15) is 0 Å². The predicted molar refractivity (Wildman–Crippen MR) is 86.1 cm³/mol. The van der Waals surface area contributed by atoms with E-state index < -0.39 is 6.51 Å². The molecule has 10 aliphatic heterocycles. The summed E-state index contributed by atoms with van der Waals surface area (Å²) in [4.78, 5) is 23.4. The number of aromatic hydroxyl groups is 1. The van der Waals surface area contributed by atoms with Crippen molar-refractivity contribution in [3.8, 4) is 11.5 Å². The molecule has 0 aliphatic carbocycles. The van der Waals surface area contributed by atoms with Crippen molar-refractivity contribution in [2.45, 2.75) is 47.7 Å². The molecule has 0 radical (unpaired) electrons. The van der Waals surface area contributed by atoms with Gasteiger partial charge in [-0.1, -0.05) is 0 Å². The quantitative estimate of drug-likeness (QED) is 0.794. The Labute approximate surface area is 132 Å². The van der Waals surface area contributed by atoms with Gasteiger partial charge in [-0.3, -0.25) is 0 Å². The SMILES string of the molecule is COc1cc(O)c2c(=O)cc([C]34[CH]5[CH]6[CH]7[CH]3[Fe]6754389%10[CH]4[CH]3[CH]8[CH]9[CH]4%10)oc2c1. The van der Waals surface area contributed by atoms with E-state index in [1.807, 2.05) is 0 Å². The molecule has 12 rings (SSSR count). The Hall–Kier alpha value is -1.45. The normalized spacial score (nSPS) is 84.8. The van der Waals surface area contributed by atoms with Crippen LogP contribution in [0.25, 0.3) is 11.0 Å². The fourth-order valence-corrected chi connectivity index (χ4v) is 92.3. The molecule has 4 atom stereocenters. The van der Waals surface area contributed by atoms with E-state index >= 15 is 0 Å². The molecule has 1 N–H and O–H groups in total. The van der Waals surface area contributed by atoms with Gasteiger partial charge in [0.25, 0.3) is 0 Å². The van der Waals surface area contributed by atoms with E-state index in [2.05, 4.69) is 0 Å². The van der Waals surface area contributed by atoms with Crippen molar-refractivity contribution in [1.29, 1.82) is 0 Å². The third-order valence-electron chi connectivity index (χ3n) is 17.1. The van der Waals surface area contributed by atoms with Gasteiger partial charge in [0.2, 0.25) is 0 Å². The van der Waals surface area contributed by atoms with Crippen LogP contribution in [-0.2, 0) is 10.8 Å². The molecule has 2 aromatic rings. The molecule has 11 heterocycles. The third kappa shape index (κ3) is 0.155. The molecule has 4 unspecified atom stereocenters. The Morgan fingerprint density at radius 2 is 1.68 bits per heavy atom. The summed E-state index contributed by atoms with van der Waals surface area (Å²) in [5.41, 5.74) is 0.461. The summed E-state index contributed by atoms with van der Waals surface area (Å²) in [5.74, 6) is 1.58. The molecular formula is C20H16FeO4. The summed E-state index contributed by atoms with van der Waals surface area (Å²) in [6, 6.07) is 5.09. The van der Waals surface area contributed by atoms with Gasteiger partial charge in [0, 0.05) is 0 Å². The van der Waals surface area contributed by atoms with Gasteiger partial charge in [0.05, 0.1) is 0 Å². The first-order chi connectivity index (χ1) is 11.9. The molecule has 10 aliphatic rings. The second-order valence-corrected chi connectivity index (χ2v) is 36.2. The molecule has 1 aromatic carbocycles. The van der Waals surface area contributed by atoms with Crippen molar-refractivity contribution in [3.63, 3.8) is 0 Å². The van der Waals surface area contributed by atoms with Crippen LogP contribution >= 0.6 is 0 Å². The molecule has 1 spiro atoms. The van der Waals surface area contributed by atoms with E-state index in [0.29, 0.717) is 21.0 Å². The number of hydrogen-bond donors (Lipinski definition) is 1. The van der Waals surface area contributed by atoms with Crippen LogP contribution in [0.5, 0.6) is 11.5 Å². The van der Waals surface area contributed by atoms with Crippen LogP contribution in [0, 0.1) is 0 Å². The number of methoxy groups -OCH3 is 1. The number of phenols is 1. The van der Waals surface area contributed by atoms with Crippen LogP contribution in [0.4, 0.5) is 0 Å². The van der Waals surface area contributed by atoms with E-state index in [-0.39, 0.29) is 11.2 Å². The van der Waals surface area contributed by atoms with Gasteiger partial charge < -0.3 is 0 Å². The first-order valence-electron chi connectivity index (χ1n) is 9.44. The molecule has 10 fully saturated rings. The van der Waals surface area contributed by atoms with E-state index in [0.717, 1.165) is 15.4 Å². The number of benzene rings is 1. The van der Waals surface area contributed by atoms with Gasteiger partial charge in [-0.25, -0.2) is 0 Å². The topological polar surface area (TPSA) is 59.7 Å². The standard InChI is InChI=1S/C15H11O4.C5H5.Fe/c1-18-10-6-11(16)15-12(17)8-13(19-14(15)7-10)9-4-2-3-5-9;1-2-4-5-3-1;/h2-8,16H,1H3;1-5H;. The van der Waals surface area contributed by atoms with Gasteiger partial charge in [-0.15, -0.1) is 0 Å². The number of rotatable bonds is 2. The number of phenolic OH excluding ortho intramolecular Hbond substituents is 1. The molecule has 0 bridgehead atoms. The molecule has 4 nitrogen and oxygen atoms in total. The Bertz CT molecular complexity index is 1580. The fraction of sp³-hybridized carbons (Fsp3) is 0.550.